The van der Waals surface area contributed by atoms with Crippen LogP contribution in [0.2, 0.25) is 0 Å². The second-order valence-electron chi connectivity index (χ2n) is 11.6. The van der Waals surface area contributed by atoms with Crippen LogP contribution < -0.4 is 10.4 Å². The SMILES string of the molecule is CC.CC.COC(C)(C)OC1CCC2(C)C(CC(O)C3(C)Oc4cc(-c5cccnc5)oc(=O)c4C(O)C23)[C@H]1C. The Morgan fingerprint density at radius 1 is 1.15 bits per heavy atom. The van der Waals surface area contributed by atoms with Crippen LogP contribution in [0.4, 0.5) is 0 Å². The van der Waals surface area contributed by atoms with Gasteiger partial charge < -0.3 is 28.8 Å². The van der Waals surface area contributed by atoms with Crippen LogP contribution in [0.3, 0.4) is 0 Å². The number of hydrogen-bond donors (Lipinski definition) is 2. The third-order valence-corrected chi connectivity index (χ3v) is 9.27. The van der Waals surface area contributed by atoms with Crippen molar-refractivity contribution in [2.45, 2.75) is 111 Å². The Kier molecular flexibility index (Phi) is 9.93. The van der Waals surface area contributed by atoms with Crippen molar-refractivity contribution < 1.29 is 28.8 Å². The maximum Gasteiger partial charge on any atom is 0.345 e. The van der Waals surface area contributed by atoms with Gasteiger partial charge in [-0.3, -0.25) is 4.98 Å². The van der Waals surface area contributed by atoms with Crippen LogP contribution in [0.5, 0.6) is 5.75 Å². The van der Waals surface area contributed by atoms with Crippen molar-refractivity contribution >= 4 is 0 Å². The van der Waals surface area contributed by atoms with Crippen LogP contribution in [-0.4, -0.2) is 45.9 Å². The van der Waals surface area contributed by atoms with Gasteiger partial charge in [-0.2, -0.15) is 0 Å². The number of methoxy groups -OCH3 is 1. The molecular formula is C32H49NO7. The topological polar surface area (TPSA) is 111 Å². The molecule has 3 heterocycles. The summed E-state index contributed by atoms with van der Waals surface area (Å²) in [5.74, 6) is -0.496. The molecule has 40 heavy (non-hydrogen) atoms. The van der Waals surface area contributed by atoms with Gasteiger partial charge >= 0.3 is 5.63 Å². The van der Waals surface area contributed by atoms with E-state index in [1.165, 1.54) is 0 Å². The van der Waals surface area contributed by atoms with E-state index in [0.29, 0.717) is 17.7 Å². The molecule has 8 nitrogen and oxygen atoms in total. The first-order valence-electron chi connectivity index (χ1n) is 14.8. The van der Waals surface area contributed by atoms with Gasteiger partial charge in [0.25, 0.3) is 0 Å². The summed E-state index contributed by atoms with van der Waals surface area (Å²) in [5, 5.41) is 23.2. The molecule has 0 aromatic carbocycles. The third kappa shape index (κ3) is 5.48. The summed E-state index contributed by atoms with van der Waals surface area (Å²) in [4.78, 5) is 17.3. The molecular weight excluding hydrogens is 510 g/mol. The molecule has 2 saturated carbocycles. The van der Waals surface area contributed by atoms with Gasteiger partial charge in [-0.15, -0.1) is 0 Å². The lowest BCUT2D eigenvalue weighted by molar-refractivity contribution is -0.277. The molecule has 2 aromatic rings. The second-order valence-corrected chi connectivity index (χ2v) is 11.6. The summed E-state index contributed by atoms with van der Waals surface area (Å²) in [6.45, 7) is 18.0. The molecule has 7 unspecified atom stereocenters. The van der Waals surface area contributed by atoms with Crippen molar-refractivity contribution in [2.24, 2.45) is 23.2 Å². The summed E-state index contributed by atoms with van der Waals surface area (Å²) in [5.41, 5.74) is -1.35. The molecule has 2 fully saturated rings. The fourth-order valence-corrected chi connectivity index (χ4v) is 7.24. The highest BCUT2D eigenvalue weighted by molar-refractivity contribution is 5.59. The lowest BCUT2D eigenvalue weighted by atomic mass is 9.46. The fraction of sp³-hybridized carbons (Fsp3) is 0.688. The van der Waals surface area contributed by atoms with Gasteiger partial charge in [-0.05, 0) is 69.4 Å². The summed E-state index contributed by atoms with van der Waals surface area (Å²) in [7, 11) is 1.63. The average Bonchev–Trinajstić information content (AvgIpc) is 2.94. The highest BCUT2D eigenvalue weighted by atomic mass is 16.7. The molecule has 5 rings (SSSR count). The van der Waals surface area contributed by atoms with Crippen LogP contribution in [-0.2, 0) is 9.47 Å². The number of rotatable bonds is 4. The first kappa shape index (κ1) is 32.3. The average molecular weight is 560 g/mol. The highest BCUT2D eigenvalue weighted by Gasteiger charge is 2.66. The van der Waals surface area contributed by atoms with Gasteiger partial charge in [-0.1, -0.05) is 41.5 Å². The maximum absolute atomic E-state index is 13.2. The van der Waals surface area contributed by atoms with Crippen LogP contribution in [0.25, 0.3) is 11.3 Å². The van der Waals surface area contributed by atoms with Crippen LogP contribution in [0.15, 0.2) is 39.8 Å². The zero-order valence-electron chi connectivity index (χ0n) is 25.9. The van der Waals surface area contributed by atoms with E-state index in [0.717, 1.165) is 12.8 Å². The van der Waals surface area contributed by atoms with E-state index in [4.69, 9.17) is 18.6 Å². The van der Waals surface area contributed by atoms with Gasteiger partial charge in [0.1, 0.15) is 22.7 Å². The van der Waals surface area contributed by atoms with Gasteiger partial charge in [0.05, 0.1) is 18.3 Å². The molecule has 0 radical (unpaired) electrons. The largest absolute Gasteiger partial charge is 0.484 e. The van der Waals surface area contributed by atoms with Crippen molar-refractivity contribution in [2.75, 3.05) is 7.11 Å². The number of pyridine rings is 1. The minimum atomic E-state index is -1.14. The third-order valence-electron chi connectivity index (χ3n) is 9.27. The van der Waals surface area contributed by atoms with Gasteiger partial charge in [0.2, 0.25) is 0 Å². The van der Waals surface area contributed by atoms with E-state index in [2.05, 4.69) is 18.8 Å². The molecule has 3 aliphatic rings. The fourth-order valence-electron chi connectivity index (χ4n) is 7.24. The molecule has 0 spiro atoms. The maximum atomic E-state index is 13.2. The Morgan fingerprint density at radius 3 is 2.42 bits per heavy atom. The van der Waals surface area contributed by atoms with E-state index < -0.39 is 40.6 Å². The zero-order valence-corrected chi connectivity index (χ0v) is 25.9. The van der Waals surface area contributed by atoms with Gasteiger partial charge in [-0.25, -0.2) is 4.79 Å². The predicted molar refractivity (Wildman–Crippen MR) is 155 cm³/mol. The molecule has 1 aliphatic heterocycles. The Morgan fingerprint density at radius 2 is 1.82 bits per heavy atom. The highest BCUT2D eigenvalue weighted by Crippen LogP contribution is 2.64. The second kappa shape index (κ2) is 12.3. The van der Waals surface area contributed by atoms with E-state index in [-0.39, 0.29) is 29.3 Å². The number of hydrogen-bond acceptors (Lipinski definition) is 8. The Hall–Kier alpha value is -2.26. The molecule has 2 aliphatic carbocycles. The molecule has 0 saturated heterocycles. The zero-order chi connectivity index (χ0) is 30.0. The number of aliphatic hydroxyl groups is 2. The molecule has 2 N–H and O–H groups in total. The standard InChI is InChI=1S/C28H37NO7.2C2H6/c1-15-17-12-21(30)28(5)24(27(17,4)10-9-18(15)35-26(2,3)33-6)23(31)22-20(36-28)13-19(34-25(22)32)16-8-7-11-29-14-16;2*1-2/h7-8,11,13-15,17-18,21,23-24,30-31H,9-10,12H2,1-6H3;2*1-2H3/t15-,17?,18?,21?,23?,24?,27?,28?;;/m1../s1. The smallest absolute Gasteiger partial charge is 0.345 e. The molecule has 8 atom stereocenters. The number of nitrogens with zero attached hydrogens (tertiary/aromatic N) is 1. The van der Waals surface area contributed by atoms with Gasteiger partial charge in [0.15, 0.2) is 5.79 Å². The monoisotopic (exact) mass is 559 g/mol. The summed E-state index contributed by atoms with van der Waals surface area (Å²) in [6, 6.07) is 5.16. The quantitative estimate of drug-likeness (QED) is 0.430. The number of fused-ring (bicyclic) bond motifs is 4. The molecule has 8 heteroatoms. The Labute approximate surface area is 239 Å². The van der Waals surface area contributed by atoms with Crippen molar-refractivity contribution in [3.05, 3.63) is 46.6 Å². The summed E-state index contributed by atoms with van der Waals surface area (Å²) < 4.78 is 23.9. The van der Waals surface area contributed by atoms with E-state index in [9.17, 15) is 15.0 Å². The van der Waals surface area contributed by atoms with Crippen molar-refractivity contribution in [1.82, 2.24) is 4.98 Å². The molecule has 0 bridgehead atoms. The van der Waals surface area contributed by atoms with Crippen molar-refractivity contribution in [3.63, 3.8) is 0 Å². The van der Waals surface area contributed by atoms with Crippen molar-refractivity contribution in [1.29, 1.82) is 0 Å². The molecule has 224 valence electrons. The number of ether oxygens (including phenoxy) is 3. The molecule has 0 amide bonds. The lowest BCUT2D eigenvalue weighted by Crippen LogP contribution is -2.68. The van der Waals surface area contributed by atoms with E-state index in [1.807, 2.05) is 48.5 Å². The first-order valence-corrected chi connectivity index (χ1v) is 14.8. The first-order chi connectivity index (χ1) is 18.9. The lowest BCUT2D eigenvalue weighted by Gasteiger charge is -2.64. The Bertz CT molecular complexity index is 1180. The number of aliphatic hydroxyl groups excluding tert-OH is 2. The van der Waals surface area contributed by atoms with Crippen molar-refractivity contribution in [3.8, 4) is 17.1 Å². The van der Waals surface area contributed by atoms with E-state index >= 15 is 0 Å². The summed E-state index contributed by atoms with van der Waals surface area (Å²) >= 11 is 0. The van der Waals surface area contributed by atoms with Crippen LogP contribution >= 0.6 is 0 Å². The van der Waals surface area contributed by atoms with Crippen LogP contribution in [0.1, 0.15) is 93.2 Å². The molecule has 2 aromatic heterocycles. The summed E-state index contributed by atoms with van der Waals surface area (Å²) in [6.07, 6.45) is 3.26. The van der Waals surface area contributed by atoms with Crippen LogP contribution in [0, 0.1) is 23.2 Å². The number of aromatic nitrogens is 1. The van der Waals surface area contributed by atoms with E-state index in [1.54, 1.807) is 37.7 Å². The minimum Gasteiger partial charge on any atom is -0.484 e. The Balaban J connectivity index is 0.00000106. The normalized spacial score (nSPS) is 34.4. The minimum absolute atomic E-state index is 0.0457. The predicted octanol–water partition coefficient (Wildman–Crippen LogP) is 6.14. The van der Waals surface area contributed by atoms with Gasteiger partial charge in [0, 0.05) is 37.1 Å².